The molecular formula is C25H21F3O. The van der Waals surface area contributed by atoms with Crippen LogP contribution in [-0.4, -0.2) is 5.67 Å². The number of para-hydroxylation sites is 1. The van der Waals surface area contributed by atoms with Crippen LogP contribution in [0.1, 0.15) is 29.9 Å². The topological polar surface area (TPSA) is 9.23 Å². The van der Waals surface area contributed by atoms with Gasteiger partial charge in [-0.1, -0.05) is 48.6 Å². The maximum atomic E-state index is 14.8. The maximum Gasteiger partial charge on any atom is 0.165 e. The second-order valence-electron chi connectivity index (χ2n) is 7.36. The number of aryl methyl sites for hydroxylation is 1. The summed E-state index contributed by atoms with van der Waals surface area (Å²) in [6, 6.07) is 19.8. The number of hydrogen-bond donors (Lipinski definition) is 0. The molecule has 0 bridgehead atoms. The molecule has 0 aliphatic heterocycles. The predicted octanol–water partition coefficient (Wildman–Crippen LogP) is 7.14. The molecule has 0 heterocycles. The Balaban J connectivity index is 1.34. The lowest BCUT2D eigenvalue weighted by atomic mass is 10.1. The summed E-state index contributed by atoms with van der Waals surface area (Å²) < 4.78 is 47.4. The number of benzene rings is 3. The number of halogens is 3. The average Bonchev–Trinajstić information content (AvgIpc) is 3.40. The van der Waals surface area contributed by atoms with Crippen LogP contribution in [0.3, 0.4) is 0 Å². The van der Waals surface area contributed by atoms with E-state index in [4.69, 9.17) is 4.74 Å². The van der Waals surface area contributed by atoms with Gasteiger partial charge in [-0.25, -0.2) is 13.2 Å². The molecule has 0 amide bonds. The molecule has 1 aliphatic rings. The summed E-state index contributed by atoms with van der Waals surface area (Å²) >= 11 is 0. The van der Waals surface area contributed by atoms with Crippen LogP contribution < -0.4 is 4.74 Å². The molecule has 1 fully saturated rings. The molecule has 1 aliphatic carbocycles. The summed E-state index contributed by atoms with van der Waals surface area (Å²) in [5.41, 5.74) is 0.378. The van der Waals surface area contributed by atoms with Crippen molar-refractivity contribution in [2.75, 3.05) is 0 Å². The molecule has 29 heavy (non-hydrogen) atoms. The second-order valence-corrected chi connectivity index (χ2v) is 7.36. The minimum Gasteiger partial charge on any atom is -0.454 e. The van der Waals surface area contributed by atoms with Crippen molar-refractivity contribution in [1.29, 1.82) is 0 Å². The monoisotopic (exact) mass is 394 g/mol. The first kappa shape index (κ1) is 19.3. The van der Waals surface area contributed by atoms with E-state index >= 15 is 0 Å². The molecule has 1 saturated carbocycles. The molecule has 2 atom stereocenters. The highest BCUT2D eigenvalue weighted by molar-refractivity contribution is 5.37. The highest BCUT2D eigenvalue weighted by Gasteiger charge is 2.53. The largest absolute Gasteiger partial charge is 0.454 e. The summed E-state index contributed by atoms with van der Waals surface area (Å²) in [6.45, 7) is 0. The fourth-order valence-electron chi connectivity index (χ4n) is 3.45. The lowest BCUT2D eigenvalue weighted by Crippen LogP contribution is -1.98. The molecule has 0 radical (unpaired) electrons. The number of alkyl halides is 1. The Kier molecular flexibility index (Phi) is 5.43. The zero-order chi connectivity index (χ0) is 20.3. The van der Waals surface area contributed by atoms with Crippen molar-refractivity contribution >= 4 is 0 Å². The zero-order valence-corrected chi connectivity index (χ0v) is 15.8. The Labute approximate surface area is 168 Å². The molecule has 4 rings (SSSR count). The maximum absolute atomic E-state index is 14.8. The van der Waals surface area contributed by atoms with Gasteiger partial charge in [0.2, 0.25) is 0 Å². The smallest absolute Gasteiger partial charge is 0.165 e. The Morgan fingerprint density at radius 2 is 1.72 bits per heavy atom. The van der Waals surface area contributed by atoms with E-state index in [1.165, 1.54) is 18.2 Å². The lowest BCUT2D eigenvalue weighted by molar-refractivity contribution is 0.368. The van der Waals surface area contributed by atoms with Crippen molar-refractivity contribution in [1.82, 2.24) is 0 Å². The fourth-order valence-corrected chi connectivity index (χ4v) is 3.45. The summed E-state index contributed by atoms with van der Waals surface area (Å²) in [7, 11) is 0. The van der Waals surface area contributed by atoms with Crippen molar-refractivity contribution < 1.29 is 17.9 Å². The van der Waals surface area contributed by atoms with Gasteiger partial charge in [-0.15, -0.1) is 0 Å². The molecule has 3 aromatic carbocycles. The summed E-state index contributed by atoms with van der Waals surface area (Å²) in [5.74, 6) is -0.196. The molecule has 0 spiro atoms. The zero-order valence-electron chi connectivity index (χ0n) is 15.8. The Hall–Kier alpha value is -3.01. The fraction of sp³-hybridized carbons (Fsp3) is 0.200. The molecule has 0 saturated heterocycles. The number of hydrogen-bond acceptors (Lipinski definition) is 1. The van der Waals surface area contributed by atoms with Gasteiger partial charge >= 0.3 is 0 Å². The van der Waals surface area contributed by atoms with Gasteiger partial charge in [0.05, 0.1) is 0 Å². The molecule has 3 aromatic rings. The van der Waals surface area contributed by atoms with E-state index in [0.29, 0.717) is 25.0 Å². The summed E-state index contributed by atoms with van der Waals surface area (Å²) in [5, 5.41) is 0. The van der Waals surface area contributed by atoms with Crippen molar-refractivity contribution in [2.24, 2.45) is 0 Å². The van der Waals surface area contributed by atoms with Crippen LogP contribution in [0.4, 0.5) is 13.2 Å². The van der Waals surface area contributed by atoms with Gasteiger partial charge in [0.25, 0.3) is 0 Å². The molecule has 2 unspecified atom stereocenters. The first-order valence-electron chi connectivity index (χ1n) is 9.67. The van der Waals surface area contributed by atoms with E-state index in [1.807, 2.05) is 24.3 Å². The highest BCUT2D eigenvalue weighted by Crippen LogP contribution is 2.55. The molecule has 148 valence electrons. The van der Waals surface area contributed by atoms with E-state index < -0.39 is 11.5 Å². The van der Waals surface area contributed by atoms with Crippen LogP contribution in [0.5, 0.6) is 11.5 Å². The minimum absolute atomic E-state index is 0.179. The van der Waals surface area contributed by atoms with Crippen molar-refractivity contribution in [3.05, 3.63) is 108 Å². The first-order chi connectivity index (χ1) is 14.0. The average molecular weight is 394 g/mol. The van der Waals surface area contributed by atoms with Crippen molar-refractivity contribution in [3.63, 3.8) is 0 Å². The number of ether oxygens (including phenoxy) is 1. The first-order valence-corrected chi connectivity index (χ1v) is 9.67. The van der Waals surface area contributed by atoms with Gasteiger partial charge in [-0.05, 0) is 66.8 Å². The van der Waals surface area contributed by atoms with Crippen LogP contribution >= 0.6 is 0 Å². The Bertz CT molecular complexity index is 998. The van der Waals surface area contributed by atoms with E-state index in [1.54, 1.807) is 42.5 Å². The van der Waals surface area contributed by atoms with Crippen molar-refractivity contribution in [3.8, 4) is 11.5 Å². The molecule has 4 heteroatoms. The highest BCUT2D eigenvalue weighted by atomic mass is 19.1. The Morgan fingerprint density at radius 3 is 2.48 bits per heavy atom. The van der Waals surface area contributed by atoms with E-state index in [9.17, 15) is 13.2 Å². The quantitative estimate of drug-likeness (QED) is 0.387. The minimum atomic E-state index is -1.36. The van der Waals surface area contributed by atoms with E-state index in [-0.39, 0.29) is 17.5 Å². The van der Waals surface area contributed by atoms with Crippen LogP contribution in [0.2, 0.25) is 0 Å². The van der Waals surface area contributed by atoms with Crippen LogP contribution in [0, 0.1) is 11.6 Å². The number of rotatable bonds is 7. The third-order valence-corrected chi connectivity index (χ3v) is 5.17. The van der Waals surface area contributed by atoms with Gasteiger partial charge in [-0.2, -0.15) is 0 Å². The van der Waals surface area contributed by atoms with Gasteiger partial charge in [-0.3, -0.25) is 0 Å². The molecule has 0 aromatic heterocycles. The van der Waals surface area contributed by atoms with Crippen LogP contribution in [-0.2, 0) is 6.42 Å². The SMILES string of the molecule is Fc1ccc(C2CC2(F)C=CCCc2ccc(F)c(Oc3ccccc3)c2)cc1. The van der Waals surface area contributed by atoms with E-state index in [2.05, 4.69) is 0 Å². The third kappa shape index (κ3) is 4.70. The van der Waals surface area contributed by atoms with Crippen molar-refractivity contribution in [2.45, 2.75) is 30.8 Å². The molecule has 0 N–H and O–H groups in total. The van der Waals surface area contributed by atoms with E-state index in [0.717, 1.165) is 11.1 Å². The van der Waals surface area contributed by atoms with Crippen LogP contribution in [0.15, 0.2) is 84.9 Å². The molecular weight excluding hydrogens is 373 g/mol. The summed E-state index contributed by atoms with van der Waals surface area (Å²) in [6.07, 6.45) is 5.13. The Morgan fingerprint density at radius 1 is 0.966 bits per heavy atom. The van der Waals surface area contributed by atoms with Gasteiger partial charge in [0.1, 0.15) is 17.2 Å². The number of allylic oxidation sites excluding steroid dienone is 2. The molecule has 1 nitrogen and oxygen atoms in total. The normalized spacial score (nSPS) is 20.7. The van der Waals surface area contributed by atoms with Gasteiger partial charge in [0, 0.05) is 5.92 Å². The van der Waals surface area contributed by atoms with Gasteiger partial charge in [0.15, 0.2) is 11.6 Å². The van der Waals surface area contributed by atoms with Crippen LogP contribution in [0.25, 0.3) is 0 Å². The second kappa shape index (κ2) is 8.16. The third-order valence-electron chi connectivity index (χ3n) is 5.17. The predicted molar refractivity (Wildman–Crippen MR) is 108 cm³/mol. The standard InChI is InChI=1S/C25H21F3O/c26-20-12-10-19(11-13-20)22-17-25(22,28)15-5-4-6-18-9-14-23(27)24(16-18)29-21-7-2-1-3-8-21/h1-3,5,7-16,22H,4,6,17H2. The summed E-state index contributed by atoms with van der Waals surface area (Å²) in [4.78, 5) is 0. The van der Waals surface area contributed by atoms with Gasteiger partial charge < -0.3 is 4.74 Å². The lowest BCUT2D eigenvalue weighted by Gasteiger charge is -2.08.